The number of phenolic OH excluding ortho intramolecular Hbond substituents is 1. The topological polar surface area (TPSA) is 41.5 Å². The van der Waals surface area contributed by atoms with Crippen LogP contribution in [0.2, 0.25) is 0 Å². The molecule has 112 valence electrons. The Morgan fingerprint density at radius 1 is 1.14 bits per heavy atom. The summed E-state index contributed by atoms with van der Waals surface area (Å²) >= 11 is 0. The molecule has 21 heavy (non-hydrogen) atoms. The smallest absolute Gasteiger partial charge is 0.387 e. The first-order valence-corrected chi connectivity index (χ1v) is 6.56. The zero-order valence-electron chi connectivity index (χ0n) is 11.8. The summed E-state index contributed by atoms with van der Waals surface area (Å²) in [7, 11) is 0. The molecule has 0 aliphatic rings. The van der Waals surface area contributed by atoms with Crippen molar-refractivity contribution in [2.75, 3.05) is 5.32 Å². The van der Waals surface area contributed by atoms with Gasteiger partial charge in [0.05, 0.1) is 6.04 Å². The van der Waals surface area contributed by atoms with Crippen molar-refractivity contribution in [1.82, 2.24) is 0 Å². The highest BCUT2D eigenvalue weighted by Gasteiger charge is 2.11. The number of nitrogens with one attached hydrogen (secondary N) is 1. The van der Waals surface area contributed by atoms with Gasteiger partial charge in [-0.2, -0.15) is 8.78 Å². The van der Waals surface area contributed by atoms with Crippen LogP contribution in [-0.4, -0.2) is 11.7 Å². The van der Waals surface area contributed by atoms with Crippen LogP contribution in [0.5, 0.6) is 11.5 Å². The molecule has 0 heterocycles. The van der Waals surface area contributed by atoms with Gasteiger partial charge >= 0.3 is 6.61 Å². The number of benzene rings is 2. The number of phenols is 1. The summed E-state index contributed by atoms with van der Waals surface area (Å²) in [4.78, 5) is 0. The van der Waals surface area contributed by atoms with Gasteiger partial charge in [0, 0.05) is 17.3 Å². The van der Waals surface area contributed by atoms with Crippen LogP contribution in [0.3, 0.4) is 0 Å². The van der Waals surface area contributed by atoms with Crippen molar-refractivity contribution in [1.29, 1.82) is 0 Å². The van der Waals surface area contributed by atoms with Gasteiger partial charge in [0.25, 0.3) is 0 Å². The molecule has 0 saturated heterocycles. The fourth-order valence-electron chi connectivity index (χ4n) is 2.11. The van der Waals surface area contributed by atoms with Crippen LogP contribution in [0.4, 0.5) is 14.5 Å². The summed E-state index contributed by atoms with van der Waals surface area (Å²) in [6, 6.07) is 11.6. The summed E-state index contributed by atoms with van der Waals surface area (Å²) in [6.45, 7) is 0.927. The molecule has 0 radical (unpaired) electrons. The summed E-state index contributed by atoms with van der Waals surface area (Å²) in [5.74, 6) is 0.297. The standard InChI is InChI=1S/C16H17F2NO2/c1-10-6-7-14(15(20)8-10)11(2)19-12-4-3-5-13(9-12)21-16(17)18/h3-9,11,16,19-20H,1-2H3. The third-order valence-electron chi connectivity index (χ3n) is 3.09. The molecule has 0 aliphatic heterocycles. The van der Waals surface area contributed by atoms with Gasteiger partial charge in [-0.05, 0) is 37.6 Å². The lowest BCUT2D eigenvalue weighted by Crippen LogP contribution is -2.07. The maximum atomic E-state index is 12.2. The molecule has 2 aromatic carbocycles. The number of anilines is 1. The largest absolute Gasteiger partial charge is 0.508 e. The van der Waals surface area contributed by atoms with Crippen LogP contribution in [-0.2, 0) is 0 Å². The van der Waals surface area contributed by atoms with Crippen molar-refractivity contribution >= 4 is 5.69 Å². The van der Waals surface area contributed by atoms with Gasteiger partial charge in [-0.25, -0.2) is 0 Å². The molecular formula is C16H17F2NO2. The highest BCUT2D eigenvalue weighted by atomic mass is 19.3. The predicted molar refractivity (Wildman–Crippen MR) is 78.0 cm³/mol. The summed E-state index contributed by atoms with van der Waals surface area (Å²) in [6.07, 6.45) is 0. The molecule has 0 aliphatic carbocycles. The molecule has 2 aromatic rings. The van der Waals surface area contributed by atoms with Crippen molar-refractivity contribution in [3.8, 4) is 11.5 Å². The minimum Gasteiger partial charge on any atom is -0.508 e. The maximum absolute atomic E-state index is 12.2. The van der Waals surface area contributed by atoms with Crippen molar-refractivity contribution in [2.45, 2.75) is 26.5 Å². The van der Waals surface area contributed by atoms with Crippen LogP contribution in [0.1, 0.15) is 24.1 Å². The first-order chi connectivity index (χ1) is 9.95. The van der Waals surface area contributed by atoms with E-state index < -0.39 is 6.61 Å². The average Bonchev–Trinajstić information content (AvgIpc) is 2.37. The van der Waals surface area contributed by atoms with Gasteiger partial charge in [0.1, 0.15) is 11.5 Å². The third-order valence-corrected chi connectivity index (χ3v) is 3.09. The molecule has 0 amide bonds. The predicted octanol–water partition coefficient (Wildman–Crippen LogP) is 4.48. The normalized spacial score (nSPS) is 12.2. The number of rotatable bonds is 5. The lowest BCUT2D eigenvalue weighted by Gasteiger charge is -2.18. The van der Waals surface area contributed by atoms with E-state index in [1.54, 1.807) is 18.2 Å². The van der Waals surface area contributed by atoms with Crippen molar-refractivity contribution in [3.63, 3.8) is 0 Å². The van der Waals surface area contributed by atoms with Gasteiger partial charge in [-0.15, -0.1) is 0 Å². The van der Waals surface area contributed by atoms with Crippen LogP contribution in [0.15, 0.2) is 42.5 Å². The van der Waals surface area contributed by atoms with Crippen LogP contribution >= 0.6 is 0 Å². The minimum atomic E-state index is -2.85. The second-order valence-electron chi connectivity index (χ2n) is 4.83. The number of hydrogen-bond acceptors (Lipinski definition) is 3. The zero-order valence-corrected chi connectivity index (χ0v) is 11.8. The Kier molecular flexibility index (Phi) is 4.62. The molecular weight excluding hydrogens is 276 g/mol. The zero-order chi connectivity index (χ0) is 15.4. The number of aryl methyl sites for hydroxylation is 1. The second kappa shape index (κ2) is 6.43. The maximum Gasteiger partial charge on any atom is 0.387 e. The van der Waals surface area contributed by atoms with E-state index in [1.165, 1.54) is 12.1 Å². The molecule has 1 atom stereocenters. The van der Waals surface area contributed by atoms with Gasteiger partial charge in [-0.3, -0.25) is 0 Å². The highest BCUT2D eigenvalue weighted by Crippen LogP contribution is 2.29. The fraction of sp³-hybridized carbons (Fsp3) is 0.250. The molecule has 0 bridgehead atoms. The Labute approximate surface area is 122 Å². The monoisotopic (exact) mass is 293 g/mol. The third kappa shape index (κ3) is 4.08. The van der Waals surface area contributed by atoms with Gasteiger partial charge in [-0.1, -0.05) is 18.2 Å². The number of alkyl halides is 2. The number of halogens is 2. The number of ether oxygens (including phenoxy) is 1. The van der Waals surface area contributed by atoms with Gasteiger partial charge in [0.2, 0.25) is 0 Å². The first-order valence-electron chi connectivity index (χ1n) is 6.56. The van der Waals surface area contributed by atoms with Crippen molar-refractivity contribution < 1.29 is 18.6 Å². The Morgan fingerprint density at radius 3 is 2.57 bits per heavy atom. The lowest BCUT2D eigenvalue weighted by molar-refractivity contribution is -0.0498. The molecule has 0 fully saturated rings. The summed E-state index contributed by atoms with van der Waals surface area (Å²) in [5.41, 5.74) is 2.34. The van der Waals surface area contributed by atoms with E-state index in [2.05, 4.69) is 10.1 Å². The summed E-state index contributed by atoms with van der Waals surface area (Å²) in [5, 5.41) is 13.1. The molecule has 1 unspecified atom stereocenters. The van der Waals surface area contributed by atoms with Gasteiger partial charge in [0.15, 0.2) is 0 Å². The molecule has 0 aromatic heterocycles. The minimum absolute atomic E-state index is 0.0929. The van der Waals surface area contributed by atoms with Crippen LogP contribution in [0, 0.1) is 6.92 Å². The molecule has 0 saturated carbocycles. The van der Waals surface area contributed by atoms with Crippen molar-refractivity contribution in [3.05, 3.63) is 53.6 Å². The molecule has 2 N–H and O–H groups in total. The van der Waals surface area contributed by atoms with E-state index >= 15 is 0 Å². The molecule has 3 nitrogen and oxygen atoms in total. The number of aromatic hydroxyl groups is 1. The van der Waals surface area contributed by atoms with Crippen LogP contribution < -0.4 is 10.1 Å². The first kappa shape index (κ1) is 15.1. The van der Waals surface area contributed by atoms with Crippen LogP contribution in [0.25, 0.3) is 0 Å². The Bertz CT molecular complexity index is 617. The highest BCUT2D eigenvalue weighted by molar-refractivity contribution is 5.51. The van der Waals surface area contributed by atoms with E-state index in [4.69, 9.17) is 0 Å². The van der Waals surface area contributed by atoms with E-state index in [1.807, 2.05) is 26.0 Å². The molecule has 0 spiro atoms. The lowest BCUT2D eigenvalue weighted by atomic mass is 10.0. The molecule has 5 heteroatoms. The van der Waals surface area contributed by atoms with E-state index in [0.29, 0.717) is 5.69 Å². The quantitative estimate of drug-likeness (QED) is 0.854. The van der Waals surface area contributed by atoms with Crippen molar-refractivity contribution in [2.24, 2.45) is 0 Å². The Morgan fingerprint density at radius 2 is 1.90 bits per heavy atom. The Hall–Kier alpha value is -2.30. The van der Waals surface area contributed by atoms with E-state index in [0.717, 1.165) is 11.1 Å². The second-order valence-corrected chi connectivity index (χ2v) is 4.83. The molecule has 2 rings (SSSR count). The Balaban J connectivity index is 2.13. The van der Waals surface area contributed by atoms with E-state index in [-0.39, 0.29) is 17.5 Å². The number of hydrogen-bond donors (Lipinski definition) is 2. The fourth-order valence-corrected chi connectivity index (χ4v) is 2.11. The summed E-state index contributed by atoms with van der Waals surface area (Å²) < 4.78 is 28.7. The van der Waals surface area contributed by atoms with Gasteiger partial charge < -0.3 is 15.2 Å². The van der Waals surface area contributed by atoms with E-state index in [9.17, 15) is 13.9 Å². The SMILES string of the molecule is Cc1ccc(C(C)Nc2cccc(OC(F)F)c2)c(O)c1. The average molecular weight is 293 g/mol.